The molecule has 88 valence electrons. The first-order chi connectivity index (χ1) is 7.49. The van der Waals surface area contributed by atoms with Crippen LogP contribution in [0.15, 0.2) is 15.9 Å². The van der Waals surface area contributed by atoms with Gasteiger partial charge < -0.3 is 0 Å². The van der Waals surface area contributed by atoms with Crippen LogP contribution in [0.5, 0.6) is 0 Å². The van der Waals surface area contributed by atoms with Gasteiger partial charge in [-0.2, -0.15) is 5.26 Å². The number of thiophene rings is 1. The van der Waals surface area contributed by atoms with Crippen LogP contribution in [0.2, 0.25) is 0 Å². The maximum Gasteiger partial charge on any atom is 0.228 e. The Hall–Kier alpha value is -0.420. The van der Waals surface area contributed by atoms with Crippen molar-refractivity contribution in [3.63, 3.8) is 0 Å². The lowest BCUT2D eigenvalue weighted by Gasteiger charge is -2.08. The molecule has 1 N–H and O–H groups in total. The molecule has 7 heteroatoms. The van der Waals surface area contributed by atoms with Crippen LogP contribution in [0.3, 0.4) is 0 Å². The van der Waals surface area contributed by atoms with Gasteiger partial charge in [0.15, 0.2) is 5.25 Å². The molecular weight excluding hydrogens is 312 g/mol. The van der Waals surface area contributed by atoms with Gasteiger partial charge in [-0.15, -0.1) is 11.3 Å². The molecule has 1 heterocycles. The number of nitrogens with one attached hydrogen (secondary N) is 1. The Morgan fingerprint density at radius 1 is 1.62 bits per heavy atom. The van der Waals surface area contributed by atoms with Crippen molar-refractivity contribution in [2.24, 2.45) is 0 Å². The predicted octanol–water partition coefficient (Wildman–Crippen LogP) is 2.23. The zero-order chi connectivity index (χ0) is 12.2. The number of sulfonamides is 1. The van der Waals surface area contributed by atoms with Crippen LogP contribution in [0.4, 0.5) is 0 Å². The van der Waals surface area contributed by atoms with E-state index in [-0.39, 0.29) is 6.54 Å². The molecule has 1 aromatic heterocycles. The molecule has 16 heavy (non-hydrogen) atoms. The number of halogens is 1. The van der Waals surface area contributed by atoms with Gasteiger partial charge in [0.2, 0.25) is 10.0 Å². The second-order valence-electron chi connectivity index (χ2n) is 3.10. The van der Waals surface area contributed by atoms with E-state index >= 15 is 0 Å². The fourth-order valence-corrected chi connectivity index (χ4v) is 3.75. The summed E-state index contributed by atoms with van der Waals surface area (Å²) in [4.78, 5) is 0.906. The summed E-state index contributed by atoms with van der Waals surface area (Å²) >= 11 is 4.76. The zero-order valence-corrected chi connectivity index (χ0v) is 11.8. The summed E-state index contributed by atoms with van der Waals surface area (Å²) in [5, 5.41) is 7.71. The molecule has 0 spiro atoms. The summed E-state index contributed by atoms with van der Waals surface area (Å²) in [5.41, 5.74) is 0. The van der Waals surface area contributed by atoms with Gasteiger partial charge >= 0.3 is 0 Å². The first kappa shape index (κ1) is 13.6. The van der Waals surface area contributed by atoms with Gasteiger partial charge in [-0.25, -0.2) is 13.1 Å². The molecule has 0 bridgehead atoms. The van der Waals surface area contributed by atoms with Crippen LogP contribution in [-0.4, -0.2) is 13.7 Å². The highest BCUT2D eigenvalue weighted by atomic mass is 79.9. The van der Waals surface area contributed by atoms with E-state index in [0.717, 1.165) is 8.66 Å². The fourth-order valence-electron chi connectivity index (χ4n) is 1.10. The highest BCUT2D eigenvalue weighted by Gasteiger charge is 2.22. The zero-order valence-electron chi connectivity index (χ0n) is 8.60. The summed E-state index contributed by atoms with van der Waals surface area (Å²) < 4.78 is 26.6. The number of rotatable bonds is 5. The van der Waals surface area contributed by atoms with Gasteiger partial charge in [-0.3, -0.25) is 0 Å². The molecule has 0 aliphatic heterocycles. The molecule has 0 aliphatic carbocycles. The molecule has 0 fully saturated rings. The first-order valence-electron chi connectivity index (χ1n) is 4.62. The Bertz CT molecular complexity index is 490. The maximum absolute atomic E-state index is 11.6. The molecule has 0 radical (unpaired) electrons. The van der Waals surface area contributed by atoms with Crippen molar-refractivity contribution in [1.29, 1.82) is 5.26 Å². The van der Waals surface area contributed by atoms with E-state index in [2.05, 4.69) is 20.7 Å². The lowest BCUT2D eigenvalue weighted by atomic mass is 10.4. The van der Waals surface area contributed by atoms with Crippen molar-refractivity contribution in [3.8, 4) is 6.07 Å². The average Bonchev–Trinajstić information content (AvgIpc) is 2.63. The van der Waals surface area contributed by atoms with Crippen molar-refractivity contribution in [1.82, 2.24) is 4.72 Å². The molecule has 0 aromatic carbocycles. The van der Waals surface area contributed by atoms with Crippen LogP contribution in [0.25, 0.3) is 0 Å². The third-order valence-electron chi connectivity index (χ3n) is 1.97. The standard InChI is InChI=1S/C9H11BrN2O2S2/c1-2-8(5-11)16(13,14)12-6-7-3-4-9(10)15-7/h3-4,8,12H,2,6H2,1H3. The third kappa shape index (κ3) is 3.56. The molecule has 1 atom stereocenters. The minimum atomic E-state index is -3.53. The van der Waals surface area contributed by atoms with Crippen molar-refractivity contribution in [2.75, 3.05) is 0 Å². The average molecular weight is 323 g/mol. The molecule has 0 amide bonds. The van der Waals surface area contributed by atoms with Gasteiger partial charge in [-0.05, 0) is 34.5 Å². The van der Waals surface area contributed by atoms with Gasteiger partial charge in [0.25, 0.3) is 0 Å². The van der Waals surface area contributed by atoms with Crippen LogP contribution in [-0.2, 0) is 16.6 Å². The molecule has 4 nitrogen and oxygen atoms in total. The minimum Gasteiger partial charge on any atom is -0.211 e. The summed E-state index contributed by atoms with van der Waals surface area (Å²) in [5.74, 6) is 0. The fraction of sp³-hybridized carbons (Fsp3) is 0.444. The number of nitrogens with zero attached hydrogens (tertiary/aromatic N) is 1. The van der Waals surface area contributed by atoms with Crippen molar-refractivity contribution < 1.29 is 8.42 Å². The Labute approximate surface area is 107 Å². The van der Waals surface area contributed by atoms with E-state index in [1.54, 1.807) is 13.0 Å². The second-order valence-corrected chi connectivity index (χ2v) is 7.59. The Morgan fingerprint density at radius 2 is 2.31 bits per heavy atom. The van der Waals surface area contributed by atoms with Crippen molar-refractivity contribution >= 4 is 37.3 Å². The topological polar surface area (TPSA) is 70.0 Å². The lowest BCUT2D eigenvalue weighted by molar-refractivity contribution is 0.573. The molecule has 0 saturated heterocycles. The van der Waals surface area contributed by atoms with Crippen molar-refractivity contribution in [3.05, 3.63) is 20.8 Å². The summed E-state index contributed by atoms with van der Waals surface area (Å²) in [6, 6.07) is 5.47. The molecule has 0 saturated carbocycles. The van der Waals surface area contributed by atoms with Gasteiger partial charge in [0.05, 0.1) is 9.86 Å². The monoisotopic (exact) mass is 322 g/mol. The van der Waals surface area contributed by atoms with Crippen LogP contribution < -0.4 is 4.72 Å². The molecule has 1 unspecified atom stereocenters. The first-order valence-corrected chi connectivity index (χ1v) is 7.77. The molecular formula is C9H11BrN2O2S2. The minimum absolute atomic E-state index is 0.233. The Kier molecular flexibility index (Phi) is 4.92. The van der Waals surface area contributed by atoms with Crippen LogP contribution in [0, 0.1) is 11.3 Å². The van der Waals surface area contributed by atoms with E-state index in [1.807, 2.05) is 12.1 Å². The summed E-state index contributed by atoms with van der Waals surface area (Å²) in [6.07, 6.45) is 0.292. The SMILES string of the molecule is CCC(C#N)S(=O)(=O)NCc1ccc(Br)s1. The summed E-state index contributed by atoms with van der Waals surface area (Å²) in [6.45, 7) is 1.91. The van der Waals surface area contributed by atoms with Gasteiger partial charge in [0, 0.05) is 11.4 Å². The molecule has 1 rings (SSSR count). The molecule has 0 aliphatic rings. The van der Waals surface area contributed by atoms with Gasteiger partial charge in [0.1, 0.15) is 0 Å². The number of nitriles is 1. The molecule has 1 aromatic rings. The van der Waals surface area contributed by atoms with Crippen LogP contribution in [0.1, 0.15) is 18.2 Å². The quantitative estimate of drug-likeness (QED) is 0.903. The van der Waals surface area contributed by atoms with Crippen LogP contribution >= 0.6 is 27.3 Å². The third-order valence-corrected chi connectivity index (χ3v) is 5.32. The van der Waals surface area contributed by atoms with Gasteiger partial charge in [-0.1, -0.05) is 6.92 Å². The predicted molar refractivity (Wildman–Crippen MR) is 67.5 cm³/mol. The van der Waals surface area contributed by atoms with E-state index in [4.69, 9.17) is 5.26 Å². The highest BCUT2D eigenvalue weighted by molar-refractivity contribution is 9.11. The smallest absolute Gasteiger partial charge is 0.211 e. The number of hydrogen-bond donors (Lipinski definition) is 1. The van der Waals surface area contributed by atoms with E-state index in [1.165, 1.54) is 11.3 Å². The Balaban J connectivity index is 2.65. The number of hydrogen-bond acceptors (Lipinski definition) is 4. The highest BCUT2D eigenvalue weighted by Crippen LogP contribution is 2.22. The normalized spacial score (nSPS) is 13.3. The second kappa shape index (κ2) is 5.77. The van der Waals surface area contributed by atoms with Crippen molar-refractivity contribution in [2.45, 2.75) is 25.1 Å². The lowest BCUT2D eigenvalue weighted by Crippen LogP contribution is -2.32. The van der Waals surface area contributed by atoms with E-state index in [9.17, 15) is 8.42 Å². The summed E-state index contributed by atoms with van der Waals surface area (Å²) in [7, 11) is -3.53. The van der Waals surface area contributed by atoms with E-state index in [0.29, 0.717) is 6.42 Å². The Morgan fingerprint density at radius 3 is 2.75 bits per heavy atom. The van der Waals surface area contributed by atoms with E-state index < -0.39 is 15.3 Å². The maximum atomic E-state index is 11.6. The largest absolute Gasteiger partial charge is 0.228 e.